The van der Waals surface area contributed by atoms with Gasteiger partial charge in [0.15, 0.2) is 0 Å². The van der Waals surface area contributed by atoms with Gasteiger partial charge in [0.05, 0.1) is 6.04 Å². The topological polar surface area (TPSA) is 69.6 Å². The van der Waals surface area contributed by atoms with Gasteiger partial charge in [0.2, 0.25) is 0 Å². The van der Waals surface area contributed by atoms with Gasteiger partial charge in [0.25, 0.3) is 0 Å². The summed E-state index contributed by atoms with van der Waals surface area (Å²) in [5.41, 5.74) is 0.632. The lowest BCUT2D eigenvalue weighted by atomic mass is 10.0. The van der Waals surface area contributed by atoms with Crippen molar-refractivity contribution in [2.24, 2.45) is 0 Å². The molecule has 0 aliphatic rings. The number of carbonyl (C=O) groups is 1. The molecule has 3 N–H and O–H groups in total. The molecule has 0 bridgehead atoms. The first-order chi connectivity index (χ1) is 7.13. The Labute approximate surface area is 86.4 Å². The quantitative estimate of drug-likeness (QED) is 0.710. The first-order valence-corrected chi connectivity index (χ1v) is 4.49. The lowest BCUT2D eigenvalue weighted by Crippen LogP contribution is -2.27. The molecule has 0 radical (unpaired) electrons. The van der Waals surface area contributed by atoms with Gasteiger partial charge >= 0.3 is 6.09 Å². The minimum atomic E-state index is -1.17. The van der Waals surface area contributed by atoms with Crippen LogP contribution in [-0.4, -0.2) is 22.9 Å². The summed E-state index contributed by atoms with van der Waals surface area (Å²) in [7, 11) is 0. The van der Waals surface area contributed by atoms with E-state index >= 15 is 0 Å². The van der Waals surface area contributed by atoms with Gasteiger partial charge in [0.1, 0.15) is 5.82 Å². The number of aliphatic hydroxyl groups excluding tert-OH is 1. The zero-order valence-corrected chi connectivity index (χ0v) is 7.98. The zero-order valence-electron chi connectivity index (χ0n) is 7.98. The van der Waals surface area contributed by atoms with E-state index in [2.05, 4.69) is 5.32 Å². The van der Waals surface area contributed by atoms with Crippen molar-refractivity contribution >= 4 is 6.09 Å². The monoisotopic (exact) mass is 213 g/mol. The Morgan fingerprint density at radius 1 is 1.40 bits per heavy atom. The van der Waals surface area contributed by atoms with Crippen LogP contribution in [0.5, 0.6) is 0 Å². The van der Waals surface area contributed by atoms with E-state index in [9.17, 15) is 9.18 Å². The van der Waals surface area contributed by atoms with Crippen molar-refractivity contribution in [3.63, 3.8) is 0 Å². The highest BCUT2D eigenvalue weighted by atomic mass is 19.1. The Kier molecular flexibility index (Phi) is 4.05. The summed E-state index contributed by atoms with van der Waals surface area (Å²) < 4.78 is 12.6. The van der Waals surface area contributed by atoms with Crippen LogP contribution in [0.15, 0.2) is 24.3 Å². The van der Waals surface area contributed by atoms with Crippen molar-refractivity contribution in [3.05, 3.63) is 35.6 Å². The summed E-state index contributed by atoms with van der Waals surface area (Å²) >= 11 is 0. The lowest BCUT2D eigenvalue weighted by molar-refractivity contribution is 0.185. The molecule has 0 heterocycles. The summed E-state index contributed by atoms with van der Waals surface area (Å²) in [6, 6.07) is 4.98. The largest absolute Gasteiger partial charge is 0.465 e. The highest BCUT2D eigenvalue weighted by molar-refractivity contribution is 5.65. The number of amides is 1. The summed E-state index contributed by atoms with van der Waals surface area (Å²) in [6.45, 7) is -0.137. The van der Waals surface area contributed by atoms with Gasteiger partial charge in [-0.25, -0.2) is 9.18 Å². The molecule has 1 rings (SSSR count). The van der Waals surface area contributed by atoms with Crippen LogP contribution in [-0.2, 0) is 0 Å². The van der Waals surface area contributed by atoms with E-state index in [0.717, 1.165) is 0 Å². The molecule has 0 spiro atoms. The van der Waals surface area contributed by atoms with Gasteiger partial charge in [-0.05, 0) is 24.1 Å². The Hall–Kier alpha value is -1.62. The summed E-state index contributed by atoms with van der Waals surface area (Å²) in [4.78, 5) is 10.5. The van der Waals surface area contributed by atoms with Gasteiger partial charge in [-0.2, -0.15) is 0 Å². The molecule has 1 aromatic rings. The summed E-state index contributed by atoms with van der Waals surface area (Å²) in [5, 5.41) is 19.6. The van der Waals surface area contributed by atoms with Gasteiger partial charge in [-0.3, -0.25) is 0 Å². The SMILES string of the molecule is O=C(O)NC(CCO)c1ccc(F)cc1. The Morgan fingerprint density at radius 2 is 2.00 bits per heavy atom. The van der Waals surface area contributed by atoms with Gasteiger partial charge in [-0.15, -0.1) is 0 Å². The molecule has 1 amide bonds. The number of carboxylic acid groups (broad SMARTS) is 1. The number of nitrogens with one attached hydrogen (secondary N) is 1. The van der Waals surface area contributed by atoms with Crippen LogP contribution in [0.25, 0.3) is 0 Å². The van der Waals surface area contributed by atoms with Crippen LogP contribution in [0.2, 0.25) is 0 Å². The van der Waals surface area contributed by atoms with Gasteiger partial charge in [0, 0.05) is 6.61 Å². The average Bonchev–Trinajstić information content (AvgIpc) is 2.17. The highest BCUT2D eigenvalue weighted by Gasteiger charge is 2.12. The number of hydrogen-bond donors (Lipinski definition) is 3. The number of benzene rings is 1. The Morgan fingerprint density at radius 3 is 2.47 bits per heavy atom. The van der Waals surface area contributed by atoms with Crippen molar-refractivity contribution < 1.29 is 19.4 Å². The molecule has 1 unspecified atom stereocenters. The molecule has 15 heavy (non-hydrogen) atoms. The minimum Gasteiger partial charge on any atom is -0.465 e. The fraction of sp³-hybridized carbons (Fsp3) is 0.300. The van der Waals surface area contributed by atoms with Crippen LogP contribution in [0.4, 0.5) is 9.18 Å². The third-order valence-electron chi connectivity index (χ3n) is 1.99. The standard InChI is InChI=1S/C10H12FNO3/c11-8-3-1-7(2-4-8)9(5-6-13)12-10(14)15/h1-4,9,12-13H,5-6H2,(H,14,15). The number of hydrogen-bond acceptors (Lipinski definition) is 2. The second-order valence-corrected chi connectivity index (χ2v) is 3.07. The highest BCUT2D eigenvalue weighted by Crippen LogP contribution is 2.16. The maximum atomic E-state index is 12.6. The number of rotatable bonds is 4. The van der Waals surface area contributed by atoms with E-state index in [-0.39, 0.29) is 18.8 Å². The average molecular weight is 213 g/mol. The van der Waals surface area contributed by atoms with Crippen LogP contribution in [0.3, 0.4) is 0 Å². The first kappa shape index (κ1) is 11.5. The normalized spacial score (nSPS) is 12.1. The molecule has 0 aliphatic heterocycles. The second kappa shape index (κ2) is 5.31. The molecular formula is C10H12FNO3. The number of aliphatic hydroxyl groups is 1. The predicted molar refractivity (Wildman–Crippen MR) is 52.0 cm³/mol. The van der Waals surface area contributed by atoms with Gasteiger partial charge in [-0.1, -0.05) is 12.1 Å². The smallest absolute Gasteiger partial charge is 0.405 e. The predicted octanol–water partition coefficient (Wildman–Crippen LogP) is 1.52. The Bertz CT molecular complexity index is 326. The van der Waals surface area contributed by atoms with Crippen molar-refractivity contribution in [1.82, 2.24) is 5.32 Å². The van der Waals surface area contributed by atoms with Crippen molar-refractivity contribution in [1.29, 1.82) is 0 Å². The second-order valence-electron chi connectivity index (χ2n) is 3.07. The van der Waals surface area contributed by atoms with E-state index in [1.54, 1.807) is 0 Å². The molecule has 0 saturated carbocycles. The molecular weight excluding hydrogens is 201 g/mol. The molecule has 0 aliphatic carbocycles. The molecule has 0 saturated heterocycles. The molecule has 0 fully saturated rings. The minimum absolute atomic E-state index is 0.137. The van der Waals surface area contributed by atoms with Crippen molar-refractivity contribution in [3.8, 4) is 0 Å². The van der Waals surface area contributed by atoms with E-state index in [1.807, 2.05) is 0 Å². The molecule has 1 atom stereocenters. The van der Waals surface area contributed by atoms with E-state index in [1.165, 1.54) is 24.3 Å². The van der Waals surface area contributed by atoms with Crippen LogP contribution >= 0.6 is 0 Å². The Balaban J connectivity index is 2.78. The molecule has 82 valence electrons. The third kappa shape index (κ3) is 3.55. The number of halogens is 1. The maximum absolute atomic E-state index is 12.6. The van der Waals surface area contributed by atoms with Crippen molar-refractivity contribution in [2.75, 3.05) is 6.61 Å². The summed E-state index contributed by atoms with van der Waals surface area (Å²) in [5.74, 6) is -0.378. The molecule has 5 heteroatoms. The van der Waals surface area contributed by atoms with E-state index in [0.29, 0.717) is 5.56 Å². The summed E-state index contributed by atoms with van der Waals surface area (Å²) in [6.07, 6.45) is -0.907. The van der Waals surface area contributed by atoms with E-state index < -0.39 is 12.1 Å². The maximum Gasteiger partial charge on any atom is 0.405 e. The third-order valence-corrected chi connectivity index (χ3v) is 1.99. The van der Waals surface area contributed by atoms with Crippen LogP contribution in [0, 0.1) is 5.82 Å². The molecule has 1 aromatic carbocycles. The lowest BCUT2D eigenvalue weighted by Gasteiger charge is -2.15. The van der Waals surface area contributed by atoms with Crippen LogP contribution in [0.1, 0.15) is 18.0 Å². The molecule has 0 aromatic heterocycles. The zero-order chi connectivity index (χ0) is 11.3. The fourth-order valence-electron chi connectivity index (χ4n) is 1.30. The fourth-order valence-corrected chi connectivity index (χ4v) is 1.30. The van der Waals surface area contributed by atoms with Crippen LogP contribution < -0.4 is 5.32 Å². The van der Waals surface area contributed by atoms with Crippen molar-refractivity contribution in [2.45, 2.75) is 12.5 Å². The van der Waals surface area contributed by atoms with E-state index in [4.69, 9.17) is 10.2 Å². The first-order valence-electron chi connectivity index (χ1n) is 4.49. The molecule has 4 nitrogen and oxygen atoms in total. The van der Waals surface area contributed by atoms with Gasteiger partial charge < -0.3 is 15.5 Å².